The summed E-state index contributed by atoms with van der Waals surface area (Å²) in [7, 11) is 1.27. The van der Waals surface area contributed by atoms with Crippen molar-refractivity contribution in [1.82, 2.24) is 14.5 Å². The predicted molar refractivity (Wildman–Crippen MR) is 73.2 cm³/mol. The second kappa shape index (κ2) is 5.52. The number of methoxy groups -OCH3 is 1. The summed E-state index contributed by atoms with van der Waals surface area (Å²) in [6.45, 7) is 5.05. The van der Waals surface area contributed by atoms with E-state index in [2.05, 4.69) is 9.72 Å². The van der Waals surface area contributed by atoms with Crippen LogP contribution in [0.1, 0.15) is 42.1 Å². The monoisotopic (exact) mass is 280 g/mol. The Morgan fingerprint density at radius 1 is 1.35 bits per heavy atom. The van der Waals surface area contributed by atoms with Gasteiger partial charge in [-0.2, -0.15) is 0 Å². The molecule has 1 unspecified atom stereocenters. The quantitative estimate of drug-likeness (QED) is 0.825. The van der Waals surface area contributed by atoms with Crippen molar-refractivity contribution in [2.75, 3.05) is 25.9 Å². The Bertz CT molecular complexity index is 532. The smallest absolute Gasteiger partial charge is 0.360 e. The second-order valence-electron chi connectivity index (χ2n) is 4.96. The normalized spacial score (nSPS) is 16.2. The highest BCUT2D eigenvalue weighted by Gasteiger charge is 2.29. The maximum atomic E-state index is 12.4. The van der Waals surface area contributed by atoms with E-state index >= 15 is 0 Å². The van der Waals surface area contributed by atoms with Gasteiger partial charge in [0, 0.05) is 13.1 Å². The molecule has 1 amide bonds. The molecule has 0 aliphatic carbocycles. The van der Waals surface area contributed by atoms with E-state index in [0.29, 0.717) is 5.82 Å². The summed E-state index contributed by atoms with van der Waals surface area (Å²) in [6, 6.07) is -0.473. The summed E-state index contributed by atoms with van der Waals surface area (Å²) in [4.78, 5) is 29.9. The van der Waals surface area contributed by atoms with Crippen LogP contribution in [0, 0.1) is 6.92 Å². The summed E-state index contributed by atoms with van der Waals surface area (Å²) in [5.41, 5.74) is 6.01. The molecule has 7 nitrogen and oxygen atoms in total. The number of carbonyl (C=O) groups excluding carboxylic acids is 2. The Morgan fingerprint density at radius 3 is 2.50 bits per heavy atom. The molecule has 1 fully saturated rings. The van der Waals surface area contributed by atoms with E-state index in [-0.39, 0.29) is 17.4 Å². The predicted octanol–water partition coefficient (Wildman–Crippen LogP) is 0.744. The molecule has 1 atom stereocenters. The highest BCUT2D eigenvalue weighted by Crippen LogP contribution is 2.23. The van der Waals surface area contributed by atoms with Gasteiger partial charge >= 0.3 is 5.97 Å². The van der Waals surface area contributed by atoms with E-state index in [9.17, 15) is 9.59 Å². The van der Waals surface area contributed by atoms with Gasteiger partial charge in [0.1, 0.15) is 17.7 Å². The first-order valence-electron chi connectivity index (χ1n) is 6.68. The summed E-state index contributed by atoms with van der Waals surface area (Å²) < 4.78 is 6.23. The Kier molecular flexibility index (Phi) is 3.96. The third-order valence-electron chi connectivity index (χ3n) is 3.67. The fourth-order valence-corrected chi connectivity index (χ4v) is 2.61. The maximum Gasteiger partial charge on any atom is 0.360 e. The number of ether oxygens (including phenoxy) is 1. The first-order valence-corrected chi connectivity index (χ1v) is 6.68. The van der Waals surface area contributed by atoms with Crippen molar-refractivity contribution in [2.45, 2.75) is 32.7 Å². The standard InChI is InChI=1S/C13H20N4O3/c1-8(12(18)16-6-4-5-7-16)17-9(2)15-10(11(17)14)13(19)20-3/h8H,4-7,14H2,1-3H3. The lowest BCUT2D eigenvalue weighted by molar-refractivity contribution is -0.133. The number of nitrogens with zero attached hydrogens (tertiary/aromatic N) is 3. The molecule has 1 aromatic rings. The second-order valence-corrected chi connectivity index (χ2v) is 4.96. The molecule has 0 bridgehead atoms. The lowest BCUT2D eigenvalue weighted by Gasteiger charge is -2.22. The number of imidazole rings is 1. The van der Waals surface area contributed by atoms with Crippen molar-refractivity contribution in [3.63, 3.8) is 0 Å². The number of rotatable bonds is 3. The van der Waals surface area contributed by atoms with Gasteiger partial charge in [-0.3, -0.25) is 4.79 Å². The van der Waals surface area contributed by atoms with Gasteiger partial charge in [-0.25, -0.2) is 9.78 Å². The number of amides is 1. The molecule has 0 aromatic carbocycles. The minimum Gasteiger partial charge on any atom is -0.464 e. The molecular weight excluding hydrogens is 260 g/mol. The fourth-order valence-electron chi connectivity index (χ4n) is 2.61. The van der Waals surface area contributed by atoms with Gasteiger partial charge in [-0.15, -0.1) is 0 Å². The molecule has 0 saturated carbocycles. The van der Waals surface area contributed by atoms with E-state index in [1.54, 1.807) is 18.4 Å². The molecule has 2 rings (SSSR count). The minimum atomic E-state index is -0.592. The fraction of sp³-hybridized carbons (Fsp3) is 0.615. The Balaban J connectivity index is 2.29. The lowest BCUT2D eigenvalue weighted by atomic mass is 10.2. The van der Waals surface area contributed by atoms with Crippen molar-refractivity contribution in [3.05, 3.63) is 11.5 Å². The zero-order valence-electron chi connectivity index (χ0n) is 12.0. The van der Waals surface area contributed by atoms with Gasteiger partial charge < -0.3 is 19.9 Å². The highest BCUT2D eigenvalue weighted by atomic mass is 16.5. The molecule has 2 heterocycles. The highest BCUT2D eigenvalue weighted by molar-refractivity contribution is 5.93. The molecule has 110 valence electrons. The molecule has 1 aromatic heterocycles. The molecule has 20 heavy (non-hydrogen) atoms. The number of anilines is 1. The zero-order valence-corrected chi connectivity index (χ0v) is 12.0. The third kappa shape index (κ3) is 2.35. The number of nitrogens with two attached hydrogens (primary N) is 1. The van der Waals surface area contributed by atoms with Gasteiger partial charge in [0.05, 0.1) is 7.11 Å². The zero-order chi connectivity index (χ0) is 14.9. The van der Waals surface area contributed by atoms with Gasteiger partial charge in [-0.05, 0) is 26.7 Å². The number of aromatic nitrogens is 2. The van der Waals surface area contributed by atoms with Crippen molar-refractivity contribution >= 4 is 17.7 Å². The van der Waals surface area contributed by atoms with Crippen LogP contribution in [0.3, 0.4) is 0 Å². The molecular formula is C13H20N4O3. The van der Waals surface area contributed by atoms with Gasteiger partial charge in [-0.1, -0.05) is 0 Å². The molecule has 0 radical (unpaired) electrons. The molecule has 1 saturated heterocycles. The van der Waals surface area contributed by atoms with E-state index in [1.807, 2.05) is 4.90 Å². The molecule has 1 aliphatic heterocycles. The van der Waals surface area contributed by atoms with Gasteiger partial charge in [0.15, 0.2) is 5.69 Å². The summed E-state index contributed by atoms with van der Waals surface area (Å²) in [5, 5.41) is 0. The summed E-state index contributed by atoms with van der Waals surface area (Å²) in [6.07, 6.45) is 2.06. The van der Waals surface area contributed by atoms with Gasteiger partial charge in [0.2, 0.25) is 5.91 Å². The number of hydrogen-bond acceptors (Lipinski definition) is 5. The van der Waals surface area contributed by atoms with Crippen LogP contribution in [-0.4, -0.2) is 46.5 Å². The van der Waals surface area contributed by atoms with Crippen LogP contribution in [0.5, 0.6) is 0 Å². The average Bonchev–Trinajstić information content (AvgIpc) is 3.05. The number of carbonyl (C=O) groups is 2. The summed E-state index contributed by atoms with van der Waals surface area (Å²) in [5.74, 6) is 0.119. The van der Waals surface area contributed by atoms with E-state index < -0.39 is 12.0 Å². The molecule has 7 heteroatoms. The summed E-state index contributed by atoms with van der Waals surface area (Å²) >= 11 is 0. The van der Waals surface area contributed by atoms with Gasteiger partial charge in [0.25, 0.3) is 0 Å². The van der Waals surface area contributed by atoms with E-state index in [4.69, 9.17) is 5.73 Å². The molecule has 1 aliphatic rings. The lowest BCUT2D eigenvalue weighted by Crippen LogP contribution is -2.34. The molecule has 0 spiro atoms. The number of likely N-dealkylation sites (tertiary alicyclic amines) is 1. The number of hydrogen-bond donors (Lipinski definition) is 1. The number of nitrogen functional groups attached to an aromatic ring is 1. The van der Waals surface area contributed by atoms with Crippen LogP contribution in [0.25, 0.3) is 0 Å². The first-order chi connectivity index (χ1) is 9.47. The van der Waals surface area contributed by atoms with Crippen molar-refractivity contribution < 1.29 is 14.3 Å². The Hall–Kier alpha value is -2.05. The van der Waals surface area contributed by atoms with Crippen LogP contribution in [0.2, 0.25) is 0 Å². The van der Waals surface area contributed by atoms with Crippen molar-refractivity contribution in [2.24, 2.45) is 0 Å². The van der Waals surface area contributed by atoms with Crippen molar-refractivity contribution in [3.8, 4) is 0 Å². The van der Waals surface area contributed by atoms with Crippen LogP contribution in [-0.2, 0) is 9.53 Å². The van der Waals surface area contributed by atoms with Crippen LogP contribution >= 0.6 is 0 Å². The van der Waals surface area contributed by atoms with Crippen molar-refractivity contribution in [1.29, 1.82) is 0 Å². The average molecular weight is 280 g/mol. The first kappa shape index (κ1) is 14.4. The maximum absolute atomic E-state index is 12.4. The van der Waals surface area contributed by atoms with Crippen LogP contribution < -0.4 is 5.73 Å². The van der Waals surface area contributed by atoms with Crippen LogP contribution in [0.15, 0.2) is 0 Å². The van der Waals surface area contributed by atoms with Crippen LogP contribution in [0.4, 0.5) is 5.82 Å². The molecule has 2 N–H and O–H groups in total. The number of aryl methyl sites for hydroxylation is 1. The number of esters is 1. The SMILES string of the molecule is COC(=O)c1nc(C)n(C(C)C(=O)N2CCCC2)c1N. The van der Waals surface area contributed by atoms with E-state index in [0.717, 1.165) is 25.9 Å². The Labute approximate surface area is 117 Å². The Morgan fingerprint density at radius 2 is 1.95 bits per heavy atom. The largest absolute Gasteiger partial charge is 0.464 e. The third-order valence-corrected chi connectivity index (χ3v) is 3.67. The minimum absolute atomic E-state index is 0.00566. The topological polar surface area (TPSA) is 90.4 Å². The van der Waals surface area contributed by atoms with E-state index in [1.165, 1.54) is 7.11 Å².